The van der Waals surface area contributed by atoms with Gasteiger partial charge in [0.05, 0.1) is 11.8 Å². The third-order valence-electron chi connectivity index (χ3n) is 2.34. The van der Waals surface area contributed by atoms with E-state index < -0.39 is 5.95 Å². The Bertz CT molecular complexity index is 767. The summed E-state index contributed by atoms with van der Waals surface area (Å²) in [5.74, 6) is 4.93. The average Bonchev–Trinajstić information content (AvgIpc) is 2.85. The molecule has 18 heavy (non-hydrogen) atoms. The lowest BCUT2D eigenvalue weighted by atomic mass is 10.2. The molecule has 86 valence electrons. The zero-order valence-corrected chi connectivity index (χ0v) is 9.21. The number of pyridine rings is 1. The number of halogens is 1. The maximum Gasteiger partial charge on any atom is 0.228 e. The Labute approximate surface area is 102 Å². The summed E-state index contributed by atoms with van der Waals surface area (Å²) in [6, 6.07) is 6.71. The second-order valence-corrected chi connectivity index (χ2v) is 3.54. The highest BCUT2D eigenvalue weighted by Crippen LogP contribution is 2.02. The van der Waals surface area contributed by atoms with Crippen molar-refractivity contribution in [2.75, 3.05) is 0 Å². The monoisotopic (exact) mass is 238 g/mol. The minimum Gasteiger partial charge on any atom is -0.227 e. The molecule has 0 aromatic carbocycles. The van der Waals surface area contributed by atoms with Gasteiger partial charge in [0.25, 0.3) is 0 Å². The molecular formula is C13H7FN4. The molecule has 0 aliphatic rings. The van der Waals surface area contributed by atoms with Crippen molar-refractivity contribution in [2.24, 2.45) is 0 Å². The fraction of sp³-hybridized carbons (Fsp3) is 0. The zero-order valence-electron chi connectivity index (χ0n) is 9.21. The highest BCUT2D eigenvalue weighted by Gasteiger charge is 1.98. The van der Waals surface area contributed by atoms with E-state index in [1.54, 1.807) is 41.2 Å². The molecule has 3 aromatic rings. The first-order valence-electron chi connectivity index (χ1n) is 5.26. The maximum absolute atomic E-state index is 13.2. The van der Waals surface area contributed by atoms with E-state index in [0.29, 0.717) is 11.3 Å². The predicted octanol–water partition coefficient (Wildman–Crippen LogP) is 1.66. The molecule has 3 aromatic heterocycles. The second kappa shape index (κ2) is 4.26. The Morgan fingerprint density at radius 1 is 1.11 bits per heavy atom. The smallest absolute Gasteiger partial charge is 0.227 e. The number of fused-ring (bicyclic) bond motifs is 1. The Morgan fingerprint density at radius 3 is 2.94 bits per heavy atom. The van der Waals surface area contributed by atoms with Crippen molar-refractivity contribution in [1.82, 2.24) is 19.6 Å². The molecule has 0 atom stereocenters. The number of hydrogen-bond donors (Lipinski definition) is 0. The van der Waals surface area contributed by atoms with Gasteiger partial charge in [-0.25, -0.2) is 14.5 Å². The van der Waals surface area contributed by atoms with Crippen molar-refractivity contribution in [2.45, 2.75) is 0 Å². The molecule has 0 bridgehead atoms. The topological polar surface area (TPSA) is 43.1 Å². The van der Waals surface area contributed by atoms with Gasteiger partial charge in [0.2, 0.25) is 5.95 Å². The lowest BCUT2D eigenvalue weighted by Gasteiger charge is -1.93. The predicted molar refractivity (Wildman–Crippen MR) is 63.2 cm³/mol. The molecule has 0 fully saturated rings. The van der Waals surface area contributed by atoms with Crippen LogP contribution in [0.2, 0.25) is 0 Å². The van der Waals surface area contributed by atoms with Gasteiger partial charge in [0, 0.05) is 18.5 Å². The molecule has 0 amide bonds. The Balaban J connectivity index is 2.00. The quantitative estimate of drug-likeness (QED) is 0.442. The molecule has 0 aliphatic carbocycles. The third-order valence-corrected chi connectivity index (χ3v) is 2.34. The van der Waals surface area contributed by atoms with E-state index in [4.69, 9.17) is 0 Å². The summed E-state index contributed by atoms with van der Waals surface area (Å²) in [6.07, 6.45) is 4.80. The minimum absolute atomic E-state index is 0.257. The Morgan fingerprint density at radius 2 is 2.06 bits per heavy atom. The van der Waals surface area contributed by atoms with E-state index in [-0.39, 0.29) is 5.56 Å². The molecule has 0 saturated carbocycles. The summed E-state index contributed by atoms with van der Waals surface area (Å²) in [7, 11) is 0. The minimum atomic E-state index is -0.574. The summed E-state index contributed by atoms with van der Waals surface area (Å²) in [6.45, 7) is 0. The highest BCUT2D eigenvalue weighted by atomic mass is 19.1. The number of hydrogen-bond acceptors (Lipinski definition) is 3. The molecular weight excluding hydrogens is 231 g/mol. The molecule has 4 nitrogen and oxygen atoms in total. The van der Waals surface area contributed by atoms with Crippen LogP contribution in [0.5, 0.6) is 0 Å². The van der Waals surface area contributed by atoms with Crippen molar-refractivity contribution in [3.63, 3.8) is 0 Å². The average molecular weight is 238 g/mol. The summed E-state index contributed by atoms with van der Waals surface area (Å²) >= 11 is 0. The van der Waals surface area contributed by atoms with Gasteiger partial charge in [0.15, 0.2) is 5.65 Å². The van der Waals surface area contributed by atoms with Crippen LogP contribution in [0.25, 0.3) is 5.65 Å². The maximum atomic E-state index is 13.2. The molecule has 3 rings (SSSR count). The first-order chi connectivity index (χ1) is 8.83. The van der Waals surface area contributed by atoms with Gasteiger partial charge in [-0.1, -0.05) is 5.92 Å². The molecule has 0 saturated heterocycles. The van der Waals surface area contributed by atoms with Crippen LogP contribution in [0.3, 0.4) is 0 Å². The molecule has 5 heteroatoms. The van der Waals surface area contributed by atoms with Gasteiger partial charge in [-0.2, -0.15) is 9.49 Å². The van der Waals surface area contributed by atoms with Crippen molar-refractivity contribution in [3.05, 3.63) is 60.1 Å². The third kappa shape index (κ3) is 1.92. The summed E-state index contributed by atoms with van der Waals surface area (Å²) in [5.41, 5.74) is 1.52. The molecule has 3 heterocycles. The summed E-state index contributed by atoms with van der Waals surface area (Å²) in [4.78, 5) is 7.79. The molecule has 0 unspecified atom stereocenters. The van der Waals surface area contributed by atoms with Crippen molar-refractivity contribution in [1.29, 1.82) is 0 Å². The van der Waals surface area contributed by atoms with Gasteiger partial charge >= 0.3 is 0 Å². The van der Waals surface area contributed by atoms with Crippen molar-refractivity contribution >= 4 is 5.65 Å². The van der Waals surface area contributed by atoms with Crippen LogP contribution in [0.4, 0.5) is 4.39 Å². The summed E-state index contributed by atoms with van der Waals surface area (Å²) in [5, 5.41) is 4.03. The lowest BCUT2D eigenvalue weighted by molar-refractivity contribution is 0.580. The van der Waals surface area contributed by atoms with Gasteiger partial charge in [-0.15, -0.1) is 0 Å². The fourth-order valence-corrected chi connectivity index (χ4v) is 1.49. The van der Waals surface area contributed by atoms with Crippen LogP contribution in [0, 0.1) is 17.8 Å². The molecule has 0 aliphatic heterocycles. The van der Waals surface area contributed by atoms with Gasteiger partial charge in [-0.05, 0) is 24.1 Å². The van der Waals surface area contributed by atoms with Gasteiger partial charge < -0.3 is 0 Å². The van der Waals surface area contributed by atoms with E-state index in [1.165, 1.54) is 6.20 Å². The standard InChI is InChI=1S/C13H7FN4/c14-13-10(2-1-7-15-13)3-4-11-6-9-18-12(17-11)5-8-16-18/h1-2,5-9H. The van der Waals surface area contributed by atoms with E-state index >= 15 is 0 Å². The van der Waals surface area contributed by atoms with Crippen LogP contribution in [-0.4, -0.2) is 19.6 Å². The van der Waals surface area contributed by atoms with E-state index in [9.17, 15) is 4.39 Å². The first kappa shape index (κ1) is 10.4. The molecule has 0 N–H and O–H groups in total. The van der Waals surface area contributed by atoms with Crippen molar-refractivity contribution < 1.29 is 4.39 Å². The van der Waals surface area contributed by atoms with Crippen molar-refractivity contribution in [3.8, 4) is 11.8 Å². The Kier molecular flexibility index (Phi) is 2.47. The molecule has 0 spiro atoms. The van der Waals surface area contributed by atoms with E-state index in [1.807, 2.05) is 0 Å². The fourth-order valence-electron chi connectivity index (χ4n) is 1.49. The van der Waals surface area contributed by atoms with E-state index in [2.05, 4.69) is 26.9 Å². The van der Waals surface area contributed by atoms with Crippen LogP contribution in [-0.2, 0) is 0 Å². The van der Waals surface area contributed by atoms with Gasteiger partial charge in [0.1, 0.15) is 5.69 Å². The highest BCUT2D eigenvalue weighted by molar-refractivity contribution is 5.43. The zero-order chi connectivity index (χ0) is 12.4. The van der Waals surface area contributed by atoms with Gasteiger partial charge in [-0.3, -0.25) is 0 Å². The largest absolute Gasteiger partial charge is 0.228 e. The number of rotatable bonds is 0. The van der Waals surface area contributed by atoms with Crippen LogP contribution >= 0.6 is 0 Å². The number of nitrogens with zero attached hydrogens (tertiary/aromatic N) is 4. The van der Waals surface area contributed by atoms with Crippen LogP contribution in [0.15, 0.2) is 42.9 Å². The van der Waals surface area contributed by atoms with E-state index in [0.717, 1.165) is 0 Å². The second-order valence-electron chi connectivity index (χ2n) is 3.54. The van der Waals surface area contributed by atoms with Crippen LogP contribution < -0.4 is 0 Å². The van der Waals surface area contributed by atoms with Crippen LogP contribution in [0.1, 0.15) is 11.3 Å². The molecule has 0 radical (unpaired) electrons. The SMILES string of the molecule is Fc1ncccc1C#Cc1ccn2nccc2n1. The normalized spacial score (nSPS) is 10.1. The lowest BCUT2D eigenvalue weighted by Crippen LogP contribution is -1.92. The Hall–Kier alpha value is -2.74. The first-order valence-corrected chi connectivity index (χ1v) is 5.26. The number of aromatic nitrogens is 4. The summed E-state index contributed by atoms with van der Waals surface area (Å²) < 4.78 is 14.9.